The number of nitrogens with zero attached hydrogens (tertiary/aromatic N) is 2. The SMILES string of the molecule is Cc1cc(C=[N+]2[Co][N+](=Cc3cc(C)cc(C(C)(C)C)c3O)C3CCCCC32)c(O)c(C(C)(C)C)c1.[O-]c1ccc(Oc2ccccc2)cc1. The van der Waals surface area contributed by atoms with E-state index in [0.29, 0.717) is 29.3 Å². The van der Waals surface area contributed by atoms with Crippen molar-refractivity contribution in [1.82, 2.24) is 0 Å². The number of fused-ring (bicyclic) bond motifs is 1. The number of aryl methyl sites for hydroxylation is 2. The molecule has 1 heterocycles. The Hall–Kier alpha value is -4.07. The Morgan fingerprint density at radius 2 is 1.10 bits per heavy atom. The Labute approximate surface area is 298 Å². The Morgan fingerprint density at radius 3 is 1.53 bits per heavy atom. The van der Waals surface area contributed by atoms with Crippen LogP contribution in [0.25, 0.3) is 0 Å². The number of hydrogen-bond acceptors (Lipinski definition) is 4. The molecule has 0 aromatic heterocycles. The van der Waals surface area contributed by atoms with Gasteiger partial charge in [0.15, 0.2) is 0 Å². The molecule has 2 aliphatic rings. The number of benzene rings is 4. The molecule has 4 aromatic rings. The van der Waals surface area contributed by atoms with E-state index in [2.05, 4.69) is 99.3 Å². The minimum Gasteiger partial charge on any atom is -0.872 e. The number of rotatable bonds is 4. The fraction of sp³-hybridized carbons (Fsp3) is 0.381. The third kappa shape index (κ3) is 8.94. The molecule has 4 aromatic carbocycles. The van der Waals surface area contributed by atoms with Crippen LogP contribution in [0.15, 0.2) is 78.9 Å². The van der Waals surface area contributed by atoms with Gasteiger partial charge in [-0.15, -0.1) is 5.75 Å². The van der Waals surface area contributed by atoms with Crippen LogP contribution >= 0.6 is 0 Å². The number of ether oxygens (including phenoxy) is 1. The molecular weight excluding hydrogens is 655 g/mol. The predicted octanol–water partition coefficient (Wildman–Crippen LogP) is 8.66. The van der Waals surface area contributed by atoms with Gasteiger partial charge in [-0.05, 0) is 24.3 Å². The van der Waals surface area contributed by atoms with Crippen molar-refractivity contribution in [2.24, 2.45) is 0 Å². The molecule has 2 atom stereocenters. The largest absolute Gasteiger partial charge is 0.872 e. The smallest absolute Gasteiger partial charge is 0.127 e. The van der Waals surface area contributed by atoms with Crippen LogP contribution in [0.4, 0.5) is 0 Å². The van der Waals surface area contributed by atoms with E-state index in [1.54, 1.807) is 12.1 Å². The summed E-state index contributed by atoms with van der Waals surface area (Å²) in [6.45, 7) is 17.1. The molecule has 2 fully saturated rings. The second-order valence-electron chi connectivity index (χ2n) is 15.3. The van der Waals surface area contributed by atoms with Crippen LogP contribution in [0.2, 0.25) is 0 Å². The van der Waals surface area contributed by atoms with Crippen LogP contribution in [0.5, 0.6) is 28.7 Å². The normalized spacial score (nSPS) is 19.5. The quantitative estimate of drug-likeness (QED) is 0.223. The van der Waals surface area contributed by atoms with Crippen LogP contribution in [-0.2, 0) is 26.0 Å². The zero-order valence-corrected chi connectivity index (χ0v) is 31.1. The summed E-state index contributed by atoms with van der Waals surface area (Å²) in [6, 6.07) is 24.9. The molecule has 6 nitrogen and oxygen atoms in total. The molecule has 2 N–H and O–H groups in total. The first-order chi connectivity index (χ1) is 23.1. The van der Waals surface area contributed by atoms with E-state index in [-0.39, 0.29) is 16.6 Å². The van der Waals surface area contributed by atoms with E-state index in [1.807, 2.05) is 30.3 Å². The molecule has 1 aliphatic heterocycles. The summed E-state index contributed by atoms with van der Waals surface area (Å²) in [6.07, 6.45) is 9.05. The number of para-hydroxylation sites is 1. The van der Waals surface area contributed by atoms with Crippen LogP contribution < -0.4 is 9.84 Å². The maximum atomic E-state index is 11.2. The molecule has 1 saturated carbocycles. The summed E-state index contributed by atoms with van der Waals surface area (Å²) in [5.74, 6) is 2.21. The van der Waals surface area contributed by atoms with Gasteiger partial charge in [-0.2, -0.15) is 0 Å². The van der Waals surface area contributed by atoms with Gasteiger partial charge >= 0.3 is 218 Å². The number of hydrogen-bond donors (Lipinski definition) is 2. The Kier molecular flexibility index (Phi) is 10.9. The first-order valence-corrected chi connectivity index (χ1v) is 18.1. The Balaban J connectivity index is 0.000000278. The van der Waals surface area contributed by atoms with Gasteiger partial charge in [-0.25, -0.2) is 0 Å². The summed E-state index contributed by atoms with van der Waals surface area (Å²) in [5, 5.41) is 33.1. The summed E-state index contributed by atoms with van der Waals surface area (Å²) >= 11 is 1.11. The zero-order chi connectivity index (χ0) is 35.5. The molecule has 1 aliphatic carbocycles. The third-order valence-corrected chi connectivity index (χ3v) is 10.4. The van der Waals surface area contributed by atoms with E-state index >= 15 is 0 Å². The summed E-state index contributed by atoms with van der Waals surface area (Å²) in [4.78, 5) is 0. The van der Waals surface area contributed by atoms with E-state index < -0.39 is 0 Å². The Morgan fingerprint density at radius 1 is 0.673 bits per heavy atom. The fourth-order valence-electron chi connectivity index (χ4n) is 6.40. The average molecular weight is 707 g/mol. The van der Waals surface area contributed by atoms with Gasteiger partial charge in [0.2, 0.25) is 0 Å². The summed E-state index contributed by atoms with van der Waals surface area (Å²) in [7, 11) is 0. The molecule has 7 heteroatoms. The Bertz CT molecular complexity index is 1740. The van der Waals surface area contributed by atoms with Crippen molar-refractivity contribution in [2.45, 2.75) is 104 Å². The van der Waals surface area contributed by atoms with Crippen molar-refractivity contribution in [3.8, 4) is 28.7 Å². The van der Waals surface area contributed by atoms with Gasteiger partial charge in [-0.1, -0.05) is 30.3 Å². The van der Waals surface area contributed by atoms with E-state index in [9.17, 15) is 15.3 Å². The fourth-order valence-corrected chi connectivity index (χ4v) is 8.02. The average Bonchev–Trinajstić information content (AvgIpc) is 3.38. The van der Waals surface area contributed by atoms with Crippen LogP contribution in [0.1, 0.15) is 101 Å². The van der Waals surface area contributed by atoms with Crippen molar-refractivity contribution in [1.29, 1.82) is 0 Å². The predicted molar refractivity (Wildman–Crippen MR) is 192 cm³/mol. The summed E-state index contributed by atoms with van der Waals surface area (Å²) < 4.78 is 10.3. The van der Waals surface area contributed by atoms with Crippen LogP contribution in [-0.4, -0.2) is 42.0 Å². The molecule has 1 saturated heterocycles. The molecule has 2 unspecified atom stereocenters. The van der Waals surface area contributed by atoms with Crippen molar-refractivity contribution in [3.63, 3.8) is 0 Å². The first kappa shape index (κ1) is 36.2. The monoisotopic (exact) mass is 706 g/mol. The molecule has 6 rings (SSSR count). The molecule has 0 bridgehead atoms. The maximum Gasteiger partial charge on any atom is 0.127 e. The molecule has 261 valence electrons. The molecule has 0 radical (unpaired) electrons. The van der Waals surface area contributed by atoms with Crippen LogP contribution in [0, 0.1) is 13.8 Å². The van der Waals surface area contributed by atoms with Gasteiger partial charge in [0, 0.05) is 0 Å². The van der Waals surface area contributed by atoms with Gasteiger partial charge in [0.25, 0.3) is 0 Å². The van der Waals surface area contributed by atoms with Gasteiger partial charge < -0.3 is 9.84 Å². The van der Waals surface area contributed by atoms with Crippen molar-refractivity contribution >= 4 is 12.4 Å². The molecule has 49 heavy (non-hydrogen) atoms. The zero-order valence-electron chi connectivity index (χ0n) is 30.1. The summed E-state index contributed by atoms with van der Waals surface area (Å²) in [5.41, 5.74) is 5.84. The third-order valence-electron chi connectivity index (χ3n) is 8.95. The molecule has 0 spiro atoms. The minimum atomic E-state index is -0.123. The number of phenols is 2. The first-order valence-electron chi connectivity index (χ1n) is 17.2. The number of aromatic hydroxyl groups is 2. The van der Waals surface area contributed by atoms with Gasteiger partial charge in [-0.3, -0.25) is 0 Å². The van der Waals surface area contributed by atoms with E-state index in [4.69, 9.17) is 4.74 Å². The van der Waals surface area contributed by atoms with Crippen molar-refractivity contribution in [2.75, 3.05) is 0 Å². The second kappa shape index (κ2) is 14.8. The van der Waals surface area contributed by atoms with Crippen molar-refractivity contribution in [3.05, 3.63) is 112 Å². The molecular formula is C42H51CoN2O4+. The maximum absolute atomic E-state index is 11.2. The minimum absolute atomic E-state index is 0.00888. The standard InChI is InChI=1S/C30H42N2O2.C12H10O2.Co/c1-19-13-21(27(33)23(15-19)29(3,4)5)17-31-25-11-9-10-12-26(25)32-18-22-14-20(2)16-24(28(22)34)30(6,7)8;13-10-6-8-12(9-7-10)14-11-4-2-1-3-5-11;/h13-18,25-26,33-34H,9-12H2,1-8H3;1-9,13H;/q;;+2/p-1. The van der Waals surface area contributed by atoms with E-state index in [0.717, 1.165) is 67.1 Å². The van der Waals surface area contributed by atoms with Crippen LogP contribution in [0.3, 0.4) is 0 Å². The topological polar surface area (TPSA) is 78.8 Å². The van der Waals surface area contributed by atoms with Gasteiger partial charge in [0.05, 0.1) is 0 Å². The van der Waals surface area contributed by atoms with E-state index in [1.165, 1.54) is 25.0 Å². The van der Waals surface area contributed by atoms with Gasteiger partial charge in [0.1, 0.15) is 11.5 Å². The molecule has 0 amide bonds. The number of phenolic OH excluding ortho intramolecular Hbond substituents is 2. The second-order valence-corrected chi connectivity index (χ2v) is 16.6. The van der Waals surface area contributed by atoms with Crippen molar-refractivity contribution < 1.29 is 42.4 Å².